The molecule has 5 aromatic rings. The molecule has 162 valence electrons. The van der Waals surface area contributed by atoms with E-state index in [0.29, 0.717) is 0 Å². The van der Waals surface area contributed by atoms with Crippen LogP contribution in [-0.4, -0.2) is 0 Å². The molecule has 0 atom stereocenters. The van der Waals surface area contributed by atoms with Crippen molar-refractivity contribution in [3.05, 3.63) is 117 Å². The normalized spacial score (nSPS) is 14.6. The van der Waals surface area contributed by atoms with Crippen LogP contribution in [0, 0.1) is 0 Å². The molecule has 5 aromatic carbocycles. The summed E-state index contributed by atoms with van der Waals surface area (Å²) in [5.74, 6) is 0. The summed E-state index contributed by atoms with van der Waals surface area (Å²) in [5.41, 5.74) is 5.68. The Morgan fingerprint density at radius 2 is 1.12 bits per heavy atom. The van der Waals surface area contributed by atoms with E-state index in [-0.39, 0.29) is 0 Å². The van der Waals surface area contributed by atoms with E-state index in [2.05, 4.69) is 109 Å². The standard InChI is InChI=1S/C34H26/c1-3-15-25-23(11-1)13-9-21-27(25)33-29-17-5-7-19-31(29)34(32-20-8-6-18-30(32)33)28-22-10-14-24-12-2-4-16-26(24)28/h1-5,7,9,11-21H,6,8,10,22H2. The van der Waals surface area contributed by atoms with Crippen LogP contribution in [-0.2, 0) is 0 Å². The fourth-order valence-corrected chi connectivity index (χ4v) is 6.13. The molecule has 0 fully saturated rings. The van der Waals surface area contributed by atoms with E-state index in [4.69, 9.17) is 0 Å². The van der Waals surface area contributed by atoms with Gasteiger partial charge in [-0.1, -0.05) is 109 Å². The van der Waals surface area contributed by atoms with Gasteiger partial charge in [0.2, 0.25) is 0 Å². The molecule has 0 bridgehead atoms. The summed E-state index contributed by atoms with van der Waals surface area (Å²) >= 11 is 0. The molecule has 7 rings (SSSR count). The highest BCUT2D eigenvalue weighted by molar-refractivity contribution is 6.09. The van der Waals surface area contributed by atoms with Gasteiger partial charge in [-0.25, -0.2) is 0 Å². The van der Waals surface area contributed by atoms with Gasteiger partial charge in [-0.15, -0.1) is 0 Å². The first-order chi connectivity index (χ1) is 16.9. The molecule has 0 spiro atoms. The Hall–Kier alpha value is -3.90. The molecule has 0 N–H and O–H groups in total. The van der Waals surface area contributed by atoms with Crippen molar-refractivity contribution in [1.82, 2.24) is 0 Å². The van der Waals surface area contributed by atoms with Gasteiger partial charge >= 0.3 is 0 Å². The van der Waals surface area contributed by atoms with Crippen molar-refractivity contribution in [1.29, 1.82) is 0 Å². The summed E-state index contributed by atoms with van der Waals surface area (Å²) in [6.07, 6.45) is 11.8. The Labute approximate surface area is 199 Å². The Balaban J connectivity index is 1.71. The van der Waals surface area contributed by atoms with Crippen molar-refractivity contribution in [3.8, 4) is 11.1 Å². The van der Waals surface area contributed by atoms with Crippen LogP contribution in [0.3, 0.4) is 0 Å². The lowest BCUT2D eigenvalue weighted by Gasteiger charge is -2.21. The molecule has 0 saturated heterocycles. The molecule has 0 nitrogen and oxygen atoms in total. The highest BCUT2D eigenvalue weighted by atomic mass is 14.2. The van der Waals surface area contributed by atoms with Crippen molar-refractivity contribution in [2.45, 2.75) is 25.7 Å². The molecule has 0 unspecified atom stereocenters. The van der Waals surface area contributed by atoms with Crippen LogP contribution in [0.4, 0.5) is 0 Å². The van der Waals surface area contributed by atoms with E-state index in [1.165, 1.54) is 64.7 Å². The van der Waals surface area contributed by atoms with E-state index in [1.54, 1.807) is 0 Å². The van der Waals surface area contributed by atoms with Crippen LogP contribution >= 0.6 is 0 Å². The van der Waals surface area contributed by atoms with Crippen molar-refractivity contribution < 1.29 is 0 Å². The molecule has 2 aliphatic rings. The third-order valence-corrected chi connectivity index (χ3v) is 7.56. The van der Waals surface area contributed by atoms with Crippen molar-refractivity contribution in [2.24, 2.45) is 0 Å². The van der Waals surface area contributed by atoms with E-state index in [0.717, 1.165) is 25.7 Å². The second-order valence-electron chi connectivity index (χ2n) is 9.44. The second kappa shape index (κ2) is 7.85. The molecule has 0 saturated carbocycles. The highest BCUT2D eigenvalue weighted by Gasteiger charge is 2.19. The third-order valence-electron chi connectivity index (χ3n) is 7.56. The summed E-state index contributed by atoms with van der Waals surface area (Å²) in [6.45, 7) is 0. The quantitative estimate of drug-likeness (QED) is 0.330. The average Bonchev–Trinajstić information content (AvgIpc) is 2.91. The molecule has 2 aliphatic carbocycles. The Bertz CT molecular complexity index is 1850. The lowest BCUT2D eigenvalue weighted by Crippen LogP contribution is -2.37. The van der Waals surface area contributed by atoms with Crippen LogP contribution in [0.15, 0.2) is 91.0 Å². The van der Waals surface area contributed by atoms with Gasteiger partial charge in [0.15, 0.2) is 0 Å². The predicted octanol–water partition coefficient (Wildman–Crippen LogP) is 5.79. The predicted molar refractivity (Wildman–Crippen MR) is 146 cm³/mol. The van der Waals surface area contributed by atoms with Gasteiger partial charge in [-0.2, -0.15) is 0 Å². The Morgan fingerprint density at radius 3 is 1.97 bits per heavy atom. The molecule has 0 amide bonds. The van der Waals surface area contributed by atoms with Gasteiger partial charge in [0.05, 0.1) is 0 Å². The first kappa shape index (κ1) is 19.6. The SMILES string of the molecule is C1=c2ccccc2=C(c2c3c(c(-c4cccc5ccccc45)c4ccccc24)=CCCC=3)CC1. The van der Waals surface area contributed by atoms with E-state index >= 15 is 0 Å². The van der Waals surface area contributed by atoms with E-state index < -0.39 is 0 Å². The average molecular weight is 435 g/mol. The highest BCUT2D eigenvalue weighted by Crippen LogP contribution is 2.34. The van der Waals surface area contributed by atoms with Gasteiger partial charge < -0.3 is 0 Å². The van der Waals surface area contributed by atoms with Crippen LogP contribution in [0.1, 0.15) is 31.2 Å². The van der Waals surface area contributed by atoms with Crippen molar-refractivity contribution >= 4 is 45.3 Å². The zero-order valence-corrected chi connectivity index (χ0v) is 19.2. The molecule has 0 radical (unpaired) electrons. The second-order valence-corrected chi connectivity index (χ2v) is 9.44. The number of hydrogen-bond acceptors (Lipinski definition) is 0. The first-order valence-electron chi connectivity index (χ1n) is 12.4. The summed E-state index contributed by atoms with van der Waals surface area (Å²) < 4.78 is 0. The summed E-state index contributed by atoms with van der Waals surface area (Å²) in [5, 5.41) is 11.0. The maximum atomic E-state index is 2.50. The van der Waals surface area contributed by atoms with Crippen LogP contribution in [0.2, 0.25) is 0 Å². The van der Waals surface area contributed by atoms with Crippen LogP contribution in [0.25, 0.3) is 56.5 Å². The topological polar surface area (TPSA) is 0 Å². The first-order valence-corrected chi connectivity index (χ1v) is 12.4. The van der Waals surface area contributed by atoms with Gasteiger partial charge in [0, 0.05) is 0 Å². The van der Waals surface area contributed by atoms with E-state index in [1.807, 2.05) is 0 Å². The summed E-state index contributed by atoms with van der Waals surface area (Å²) in [6, 6.07) is 33.6. The van der Waals surface area contributed by atoms with Gasteiger partial charge in [0.25, 0.3) is 0 Å². The molecule has 0 aromatic heterocycles. The minimum atomic E-state index is 1.09. The monoisotopic (exact) mass is 434 g/mol. The van der Waals surface area contributed by atoms with Gasteiger partial charge in [-0.3, -0.25) is 0 Å². The molecule has 0 heteroatoms. The number of benzene rings is 5. The fourth-order valence-electron chi connectivity index (χ4n) is 6.13. The van der Waals surface area contributed by atoms with E-state index in [9.17, 15) is 0 Å². The lowest BCUT2D eigenvalue weighted by atomic mass is 9.82. The Morgan fingerprint density at radius 1 is 0.471 bits per heavy atom. The molecular formula is C34H26. The minimum absolute atomic E-state index is 1.09. The van der Waals surface area contributed by atoms with Crippen molar-refractivity contribution in [2.75, 3.05) is 0 Å². The molecule has 0 heterocycles. The van der Waals surface area contributed by atoms with Crippen molar-refractivity contribution in [3.63, 3.8) is 0 Å². The summed E-state index contributed by atoms with van der Waals surface area (Å²) in [7, 11) is 0. The number of rotatable bonds is 2. The van der Waals surface area contributed by atoms with Gasteiger partial charge in [-0.05, 0) is 90.4 Å². The van der Waals surface area contributed by atoms with Crippen LogP contribution in [0.5, 0.6) is 0 Å². The molecule has 0 aliphatic heterocycles. The fraction of sp³-hybridized carbons (Fsp3) is 0.118. The maximum absolute atomic E-state index is 2.50. The Kier molecular flexibility index (Phi) is 4.52. The zero-order valence-electron chi connectivity index (χ0n) is 19.2. The lowest BCUT2D eigenvalue weighted by molar-refractivity contribution is 1.07. The van der Waals surface area contributed by atoms with Crippen LogP contribution < -0.4 is 20.9 Å². The molecule has 34 heavy (non-hydrogen) atoms. The minimum Gasteiger partial charge on any atom is -0.0763 e. The third kappa shape index (κ3) is 2.92. The van der Waals surface area contributed by atoms with Gasteiger partial charge in [0.1, 0.15) is 0 Å². The number of fused-ring (bicyclic) bond motifs is 4. The zero-order chi connectivity index (χ0) is 22.5. The summed E-state index contributed by atoms with van der Waals surface area (Å²) in [4.78, 5) is 0. The smallest absolute Gasteiger partial charge is 0.00235 e. The number of hydrogen-bond donors (Lipinski definition) is 0. The largest absolute Gasteiger partial charge is 0.0763 e. The molecular weight excluding hydrogens is 408 g/mol. The maximum Gasteiger partial charge on any atom is -0.00235 e.